The number of para-hydroxylation sites is 10. The minimum Gasteiger partial charge on any atom is -0.456 e. The van der Waals surface area contributed by atoms with Gasteiger partial charge in [0.1, 0.15) is 22.3 Å². The smallest absolute Gasteiger partial charge is 0.252 e. The summed E-state index contributed by atoms with van der Waals surface area (Å²) in [5.41, 5.74) is 39.8. The molecule has 17 aromatic rings. The molecule has 12 heteroatoms. The van der Waals surface area contributed by atoms with Crippen molar-refractivity contribution in [1.82, 2.24) is 0 Å². The molecule has 0 atom stereocenters. The predicted octanol–water partition coefficient (Wildman–Crippen LogP) is 14.9. The molecule has 466 valence electrons. The lowest BCUT2D eigenvalue weighted by molar-refractivity contribution is 0.668. The van der Waals surface area contributed by atoms with E-state index in [0.717, 1.165) is 112 Å². The van der Waals surface area contributed by atoms with Crippen molar-refractivity contribution in [2.75, 3.05) is 29.4 Å². The van der Waals surface area contributed by atoms with Crippen molar-refractivity contribution in [3.8, 4) is 0 Å². The maximum Gasteiger partial charge on any atom is 0.252 e. The van der Waals surface area contributed by atoms with Crippen LogP contribution in [0.5, 0.6) is 0 Å². The first-order valence-corrected chi connectivity index (χ1v) is 35.5. The van der Waals surface area contributed by atoms with Gasteiger partial charge in [-0.05, 0) is 181 Å². The zero-order valence-electron chi connectivity index (χ0n) is 54.8. The number of hydrogen-bond acceptors (Lipinski definition) is 8. The fourth-order valence-corrected chi connectivity index (χ4v) is 20.0. The zero-order valence-corrected chi connectivity index (χ0v) is 54.8. The second kappa shape index (κ2) is 19.4. The van der Waals surface area contributed by atoms with Crippen molar-refractivity contribution in [3.05, 3.63) is 315 Å². The summed E-state index contributed by atoms with van der Waals surface area (Å²) in [6.45, 7) is -0.604. The number of fused-ring (bicyclic) bond motifs is 28. The molecule has 8 nitrogen and oxygen atoms in total. The second-order valence-corrected chi connectivity index (χ2v) is 28.4. The van der Waals surface area contributed by atoms with Crippen LogP contribution in [0.3, 0.4) is 0 Å². The molecule has 8 aliphatic rings. The van der Waals surface area contributed by atoms with Gasteiger partial charge in [-0.25, -0.2) is 0 Å². The Labute approximate surface area is 588 Å². The summed E-state index contributed by atoms with van der Waals surface area (Å²) in [7, 11) is 0. The Kier molecular flexibility index (Phi) is 10.3. The highest BCUT2D eigenvalue weighted by Crippen LogP contribution is 2.56. The van der Waals surface area contributed by atoms with Gasteiger partial charge in [0.15, 0.2) is 0 Å². The quantitative estimate of drug-likeness (QED) is 0.162. The second-order valence-electron chi connectivity index (χ2n) is 28.4. The van der Waals surface area contributed by atoms with Crippen LogP contribution in [-0.2, 0) is 0 Å². The molecule has 0 spiro atoms. The molecule has 0 bridgehead atoms. The van der Waals surface area contributed by atoms with Crippen LogP contribution in [0.15, 0.2) is 324 Å². The van der Waals surface area contributed by atoms with Crippen LogP contribution >= 0.6 is 0 Å². The van der Waals surface area contributed by atoms with E-state index < -0.39 is 0 Å². The van der Waals surface area contributed by atoms with E-state index in [0.29, 0.717) is 0 Å². The highest BCUT2D eigenvalue weighted by molar-refractivity contribution is 7.07. The van der Waals surface area contributed by atoms with E-state index in [1.165, 1.54) is 99.7 Å². The summed E-state index contributed by atoms with van der Waals surface area (Å²) in [4.78, 5) is 15.7. The number of anilines is 18. The normalized spacial score (nSPS) is 14.5. The number of hydrogen-bond donors (Lipinski definition) is 0. The first-order valence-electron chi connectivity index (χ1n) is 35.5. The van der Waals surface area contributed by atoms with Crippen LogP contribution < -0.4 is 95.0 Å². The maximum absolute atomic E-state index is 6.87. The fourth-order valence-electron chi connectivity index (χ4n) is 20.0. The van der Waals surface area contributed by atoms with E-state index in [4.69, 9.17) is 8.83 Å². The van der Waals surface area contributed by atoms with Gasteiger partial charge in [0.05, 0.1) is 22.1 Å². The van der Waals surface area contributed by atoms with Gasteiger partial charge < -0.3 is 38.2 Å². The lowest BCUT2D eigenvalue weighted by atomic mass is 9.27. The first kappa shape index (κ1) is 53.9. The summed E-state index contributed by atoms with van der Waals surface area (Å²) < 4.78 is 13.7. The lowest BCUT2D eigenvalue weighted by Crippen LogP contribution is -2.70. The highest BCUT2D eigenvalue weighted by atomic mass is 16.3. The van der Waals surface area contributed by atoms with Crippen molar-refractivity contribution < 1.29 is 8.83 Å². The Hall–Kier alpha value is -13.0. The minimum absolute atomic E-state index is 0.119. The average molecular weight is 1290 g/mol. The van der Waals surface area contributed by atoms with E-state index in [2.05, 4.69) is 345 Å². The molecule has 0 aliphatic carbocycles. The molecule has 0 saturated carbocycles. The SMILES string of the molecule is c1ccc(N2c3cc4c(cc3B3c5ccccc5N5c6ccccc6B6c7ccc8oc9ccccc9c8c7N(c7ccccc7)c7cc2c3c5c76)B2c3ccccc3N3c5ccccc5B5c6ccc7oc8ccccc8c7c6N(c6ccccc6)c6cc(c2c3c65)N4c2ccccc2)cc1. The fraction of sp³-hybridized carbons (Fsp3) is 0. The molecule has 0 fully saturated rings. The van der Waals surface area contributed by atoms with Crippen LogP contribution in [0, 0.1) is 0 Å². The van der Waals surface area contributed by atoms with Crippen LogP contribution in [-0.4, -0.2) is 26.9 Å². The molecule has 0 unspecified atom stereocenters. The Morgan fingerprint density at radius 1 is 0.186 bits per heavy atom. The van der Waals surface area contributed by atoms with Crippen molar-refractivity contribution in [2.24, 2.45) is 0 Å². The van der Waals surface area contributed by atoms with Crippen molar-refractivity contribution in [3.63, 3.8) is 0 Å². The third kappa shape index (κ3) is 6.65. The van der Waals surface area contributed by atoms with Gasteiger partial charge in [0, 0.05) is 102 Å². The van der Waals surface area contributed by atoms with Crippen LogP contribution in [0.25, 0.3) is 43.9 Å². The molecule has 2 aromatic heterocycles. The van der Waals surface area contributed by atoms with Gasteiger partial charge in [-0.2, -0.15) is 0 Å². The van der Waals surface area contributed by atoms with Gasteiger partial charge in [-0.3, -0.25) is 0 Å². The molecule has 0 saturated heterocycles. The van der Waals surface area contributed by atoms with Crippen molar-refractivity contribution >= 4 is 239 Å². The lowest BCUT2D eigenvalue weighted by Gasteiger charge is -2.52. The average Bonchev–Trinajstić information content (AvgIpc) is 0.704. The van der Waals surface area contributed by atoms with Crippen molar-refractivity contribution in [1.29, 1.82) is 0 Å². The largest absolute Gasteiger partial charge is 0.456 e. The van der Waals surface area contributed by atoms with E-state index in [9.17, 15) is 0 Å². The summed E-state index contributed by atoms with van der Waals surface area (Å²) in [6, 6.07) is 119. The number of nitrogens with zero attached hydrogens (tertiary/aromatic N) is 6. The Balaban J connectivity index is 0.819. The van der Waals surface area contributed by atoms with Crippen LogP contribution in [0.2, 0.25) is 0 Å². The van der Waals surface area contributed by atoms with Crippen LogP contribution in [0.1, 0.15) is 0 Å². The summed E-state index contributed by atoms with van der Waals surface area (Å²) in [5.74, 6) is 0. The van der Waals surface area contributed by atoms with Crippen molar-refractivity contribution in [2.45, 2.75) is 0 Å². The number of rotatable bonds is 4. The monoisotopic (exact) mass is 1290 g/mol. The van der Waals surface area contributed by atoms with Gasteiger partial charge in [0.25, 0.3) is 26.9 Å². The molecule has 102 heavy (non-hydrogen) atoms. The van der Waals surface area contributed by atoms with Gasteiger partial charge in [-0.15, -0.1) is 0 Å². The Morgan fingerprint density at radius 3 is 0.853 bits per heavy atom. The summed E-state index contributed by atoms with van der Waals surface area (Å²) >= 11 is 0. The van der Waals surface area contributed by atoms with E-state index in [1.807, 2.05) is 0 Å². The van der Waals surface area contributed by atoms with Gasteiger partial charge in [-0.1, -0.05) is 200 Å². The molecule has 8 aliphatic heterocycles. The Bertz CT molecular complexity index is 6230. The number of benzene rings is 15. The zero-order chi connectivity index (χ0) is 65.9. The third-order valence-electron chi connectivity index (χ3n) is 23.7. The highest BCUT2D eigenvalue weighted by Gasteiger charge is 2.56. The molecule has 0 amide bonds. The Morgan fingerprint density at radius 2 is 0.480 bits per heavy atom. The van der Waals surface area contributed by atoms with Gasteiger partial charge in [0.2, 0.25) is 0 Å². The molecule has 0 N–H and O–H groups in total. The third-order valence-corrected chi connectivity index (χ3v) is 23.7. The molecular formula is C90H52B4N6O2. The predicted molar refractivity (Wildman–Crippen MR) is 428 cm³/mol. The summed E-state index contributed by atoms with van der Waals surface area (Å²) in [5, 5.41) is 4.44. The van der Waals surface area contributed by atoms with E-state index >= 15 is 0 Å². The van der Waals surface area contributed by atoms with E-state index in [1.54, 1.807) is 0 Å². The summed E-state index contributed by atoms with van der Waals surface area (Å²) in [6.07, 6.45) is 0. The number of furan rings is 2. The first-order chi connectivity index (χ1) is 50.7. The molecule has 15 aromatic carbocycles. The molecule has 0 radical (unpaired) electrons. The van der Waals surface area contributed by atoms with Crippen LogP contribution in [0.4, 0.5) is 102 Å². The minimum atomic E-state index is -0.183. The topological polar surface area (TPSA) is 45.7 Å². The molecular weight excluding hydrogens is 1240 g/mol. The standard InChI is InChI=1S/C90H52B4N6O2/c1-5-25-53(26-6-1)95-71-50-72-66(49-65(71)93-61-37-17-21-41-69(61)99-67-39-19-15-35-59(67)91-63-45-47-79-81(57-33-13-23-43-77(57)101-79)87(63)97(55-29-9-3-10-30-55)75-51-73(95)83(93)89(99)85(75)91)94-62-38-18-22-42-70(62)100-68-40-20-16-36-60(68)92-64-46-48-80-82(58-34-14-24-44-78(58)102-80)88(64)98(56-31-11-4-12-32-56)76-52-74(84(94)90(100)86(76)92)96(72)54-27-7-2-8-28-54/h1-52H. The maximum atomic E-state index is 6.87. The molecule has 10 heterocycles. The molecule has 25 rings (SSSR count). The van der Waals surface area contributed by atoms with E-state index in [-0.39, 0.29) is 26.9 Å². The van der Waals surface area contributed by atoms with Gasteiger partial charge >= 0.3 is 0 Å².